The lowest BCUT2D eigenvalue weighted by Crippen LogP contribution is -2.41. The first-order valence-corrected chi connectivity index (χ1v) is 11.1. The predicted octanol–water partition coefficient (Wildman–Crippen LogP) is 1.61. The minimum atomic E-state index is -3.74. The molecular formula is C20H24N4O6S. The van der Waals surface area contributed by atoms with E-state index < -0.39 is 20.9 Å². The van der Waals surface area contributed by atoms with Crippen LogP contribution in [0.15, 0.2) is 47.4 Å². The highest BCUT2D eigenvalue weighted by molar-refractivity contribution is 7.89. The van der Waals surface area contributed by atoms with Gasteiger partial charge < -0.3 is 15.0 Å². The van der Waals surface area contributed by atoms with Crippen molar-refractivity contribution in [3.05, 3.63) is 63.7 Å². The number of benzene rings is 2. The average molecular weight is 449 g/mol. The minimum absolute atomic E-state index is 0.0475. The fraction of sp³-hybridized carbons (Fsp3) is 0.350. The van der Waals surface area contributed by atoms with E-state index in [2.05, 4.69) is 5.32 Å². The number of nitro groups is 1. The Balaban J connectivity index is 1.85. The molecule has 1 fully saturated rings. The van der Waals surface area contributed by atoms with Gasteiger partial charge in [-0.3, -0.25) is 14.9 Å². The van der Waals surface area contributed by atoms with Crippen molar-refractivity contribution in [2.45, 2.75) is 11.4 Å². The van der Waals surface area contributed by atoms with Gasteiger partial charge in [-0.1, -0.05) is 18.2 Å². The molecule has 10 nitrogen and oxygen atoms in total. The van der Waals surface area contributed by atoms with Gasteiger partial charge in [-0.05, 0) is 17.7 Å². The quantitative estimate of drug-likeness (QED) is 0.504. The molecule has 0 bridgehead atoms. The van der Waals surface area contributed by atoms with Gasteiger partial charge in [0.25, 0.3) is 11.6 Å². The number of non-ortho nitro benzene ring substituents is 1. The van der Waals surface area contributed by atoms with Crippen molar-refractivity contribution in [2.75, 3.05) is 45.3 Å². The second kappa shape index (κ2) is 9.41. The standard InChI is InChI=1S/C20H24N4O6S/c1-22(2)18-8-7-16(24(26)27)13-17(18)20(25)21-14-15-5-3-4-6-19(15)31(28,29)23-9-11-30-12-10-23/h3-8,13H,9-12,14H2,1-2H3,(H,21,25). The van der Waals surface area contributed by atoms with E-state index in [-0.39, 0.29) is 35.8 Å². The fourth-order valence-electron chi connectivity index (χ4n) is 3.31. The number of carbonyl (C=O) groups excluding carboxylic acids is 1. The van der Waals surface area contributed by atoms with Gasteiger partial charge in [0.15, 0.2) is 0 Å². The van der Waals surface area contributed by atoms with Crippen molar-refractivity contribution in [1.82, 2.24) is 9.62 Å². The number of sulfonamides is 1. The van der Waals surface area contributed by atoms with Crippen molar-refractivity contribution in [3.8, 4) is 0 Å². The number of ether oxygens (including phenoxy) is 1. The van der Waals surface area contributed by atoms with Crippen LogP contribution in [-0.4, -0.2) is 64.0 Å². The Bertz CT molecular complexity index is 1080. The largest absolute Gasteiger partial charge is 0.379 e. The lowest BCUT2D eigenvalue weighted by atomic mass is 10.1. The van der Waals surface area contributed by atoms with Crippen molar-refractivity contribution >= 4 is 27.3 Å². The van der Waals surface area contributed by atoms with Gasteiger partial charge in [0.05, 0.1) is 28.6 Å². The van der Waals surface area contributed by atoms with Gasteiger partial charge in [-0.25, -0.2) is 8.42 Å². The van der Waals surface area contributed by atoms with Crippen molar-refractivity contribution < 1.29 is 22.9 Å². The first kappa shape index (κ1) is 22.7. The number of nitrogens with one attached hydrogen (secondary N) is 1. The molecule has 0 aromatic heterocycles. The van der Waals surface area contributed by atoms with E-state index in [4.69, 9.17) is 4.74 Å². The molecule has 0 unspecified atom stereocenters. The molecular weight excluding hydrogens is 424 g/mol. The van der Waals surface area contributed by atoms with E-state index >= 15 is 0 Å². The normalized spacial score (nSPS) is 14.8. The minimum Gasteiger partial charge on any atom is -0.379 e. The Morgan fingerprint density at radius 1 is 1.19 bits per heavy atom. The van der Waals surface area contributed by atoms with Crippen LogP contribution in [0.25, 0.3) is 0 Å². The summed E-state index contributed by atoms with van der Waals surface area (Å²) in [5.41, 5.74) is 0.871. The second-order valence-corrected chi connectivity index (χ2v) is 9.07. The Labute approximate surface area is 180 Å². The molecule has 31 heavy (non-hydrogen) atoms. The molecule has 1 saturated heterocycles. The zero-order chi connectivity index (χ0) is 22.6. The third-order valence-electron chi connectivity index (χ3n) is 4.92. The molecule has 0 saturated carbocycles. The smallest absolute Gasteiger partial charge is 0.270 e. The van der Waals surface area contributed by atoms with Crippen LogP contribution >= 0.6 is 0 Å². The van der Waals surface area contributed by atoms with Crippen molar-refractivity contribution in [2.24, 2.45) is 0 Å². The molecule has 0 radical (unpaired) electrons. The van der Waals surface area contributed by atoms with E-state index in [1.807, 2.05) is 0 Å². The van der Waals surface area contributed by atoms with Gasteiger partial charge in [0.1, 0.15) is 0 Å². The van der Waals surface area contributed by atoms with E-state index in [1.165, 1.54) is 28.6 Å². The number of morpholine rings is 1. The molecule has 2 aromatic carbocycles. The first-order chi connectivity index (χ1) is 14.7. The van der Waals surface area contributed by atoms with E-state index in [0.29, 0.717) is 24.5 Å². The number of nitrogens with zero attached hydrogens (tertiary/aromatic N) is 3. The number of anilines is 1. The number of hydrogen-bond donors (Lipinski definition) is 1. The van der Waals surface area contributed by atoms with Crippen LogP contribution in [0, 0.1) is 10.1 Å². The number of nitro benzene ring substituents is 1. The molecule has 3 rings (SSSR count). The Hall–Kier alpha value is -3.02. The summed E-state index contributed by atoms with van der Waals surface area (Å²) >= 11 is 0. The molecule has 1 aliphatic rings. The van der Waals surface area contributed by atoms with E-state index in [0.717, 1.165) is 0 Å². The summed E-state index contributed by atoms with van der Waals surface area (Å²) in [7, 11) is -0.292. The summed E-state index contributed by atoms with van der Waals surface area (Å²) in [6.07, 6.45) is 0. The van der Waals surface area contributed by atoms with Crippen LogP contribution < -0.4 is 10.2 Å². The molecule has 0 aliphatic carbocycles. The maximum absolute atomic E-state index is 13.1. The summed E-state index contributed by atoms with van der Waals surface area (Å²) in [5.74, 6) is -0.536. The van der Waals surface area contributed by atoms with Crippen LogP contribution in [0.1, 0.15) is 15.9 Å². The highest BCUT2D eigenvalue weighted by atomic mass is 32.2. The van der Waals surface area contributed by atoms with E-state index in [1.54, 1.807) is 37.2 Å². The third kappa shape index (κ3) is 5.01. The van der Waals surface area contributed by atoms with Gasteiger partial charge in [-0.2, -0.15) is 4.31 Å². The van der Waals surface area contributed by atoms with Crippen LogP contribution in [-0.2, 0) is 21.3 Å². The summed E-state index contributed by atoms with van der Waals surface area (Å²) < 4.78 is 32.7. The highest BCUT2D eigenvalue weighted by Gasteiger charge is 2.28. The van der Waals surface area contributed by atoms with Crippen molar-refractivity contribution in [1.29, 1.82) is 0 Å². The SMILES string of the molecule is CN(C)c1ccc([N+](=O)[O-])cc1C(=O)NCc1ccccc1S(=O)(=O)N1CCOCC1. The highest BCUT2D eigenvalue weighted by Crippen LogP contribution is 2.25. The molecule has 0 atom stereocenters. The van der Waals surface area contributed by atoms with Gasteiger partial charge in [-0.15, -0.1) is 0 Å². The third-order valence-corrected chi connectivity index (χ3v) is 6.92. The van der Waals surface area contributed by atoms with Gasteiger partial charge >= 0.3 is 0 Å². The van der Waals surface area contributed by atoms with Gasteiger partial charge in [0, 0.05) is 51.5 Å². The maximum atomic E-state index is 13.1. The molecule has 1 amide bonds. The zero-order valence-electron chi connectivity index (χ0n) is 17.3. The molecule has 11 heteroatoms. The monoisotopic (exact) mass is 448 g/mol. The Kier molecular flexibility index (Phi) is 6.88. The Morgan fingerprint density at radius 2 is 1.87 bits per heavy atom. The topological polar surface area (TPSA) is 122 Å². The number of carbonyl (C=O) groups is 1. The average Bonchev–Trinajstić information content (AvgIpc) is 2.77. The van der Waals surface area contributed by atoms with Crippen LogP contribution in [0.3, 0.4) is 0 Å². The summed E-state index contributed by atoms with van der Waals surface area (Å²) in [6.45, 7) is 1.15. The molecule has 1 aliphatic heterocycles. The lowest BCUT2D eigenvalue weighted by Gasteiger charge is -2.27. The maximum Gasteiger partial charge on any atom is 0.270 e. The fourth-order valence-corrected chi connectivity index (χ4v) is 4.94. The van der Waals surface area contributed by atoms with E-state index in [9.17, 15) is 23.3 Å². The van der Waals surface area contributed by atoms with Crippen LogP contribution in [0.2, 0.25) is 0 Å². The van der Waals surface area contributed by atoms with Crippen molar-refractivity contribution in [3.63, 3.8) is 0 Å². The number of rotatable bonds is 7. The molecule has 1 N–H and O–H groups in total. The molecule has 0 spiro atoms. The number of amides is 1. The molecule has 166 valence electrons. The van der Waals surface area contributed by atoms with Gasteiger partial charge in [0.2, 0.25) is 10.0 Å². The zero-order valence-corrected chi connectivity index (χ0v) is 18.1. The van der Waals surface area contributed by atoms with Crippen LogP contribution in [0.4, 0.5) is 11.4 Å². The second-order valence-electron chi connectivity index (χ2n) is 7.16. The Morgan fingerprint density at radius 3 is 2.52 bits per heavy atom. The summed E-state index contributed by atoms with van der Waals surface area (Å²) in [5, 5.41) is 13.8. The predicted molar refractivity (Wildman–Crippen MR) is 115 cm³/mol. The lowest BCUT2D eigenvalue weighted by molar-refractivity contribution is -0.384. The first-order valence-electron chi connectivity index (χ1n) is 9.61. The van der Waals surface area contributed by atoms with Crippen LogP contribution in [0.5, 0.6) is 0 Å². The summed E-state index contributed by atoms with van der Waals surface area (Å²) in [4.78, 5) is 25.2. The molecule has 2 aromatic rings. The molecule has 1 heterocycles. The number of hydrogen-bond acceptors (Lipinski definition) is 7. The summed E-state index contributed by atoms with van der Waals surface area (Å²) in [6, 6.07) is 10.5.